The van der Waals surface area contributed by atoms with E-state index < -0.39 is 78.7 Å². The number of carbonyl (C=O) groups excluding carboxylic acids is 5. The van der Waals surface area contributed by atoms with E-state index >= 15 is 0 Å². The minimum atomic E-state index is -1.81. The van der Waals surface area contributed by atoms with E-state index in [2.05, 4.69) is 0 Å². The van der Waals surface area contributed by atoms with Crippen LogP contribution in [0, 0.1) is 5.92 Å². The van der Waals surface area contributed by atoms with Crippen LogP contribution in [0.25, 0.3) is 0 Å². The second-order valence-electron chi connectivity index (χ2n) is 7.58. The Balaban J connectivity index is 2.16. The van der Waals surface area contributed by atoms with E-state index in [9.17, 15) is 24.0 Å². The van der Waals surface area contributed by atoms with E-state index in [0.717, 1.165) is 27.7 Å². The van der Waals surface area contributed by atoms with E-state index in [4.69, 9.17) is 33.2 Å². The number of esters is 5. The van der Waals surface area contributed by atoms with E-state index in [1.165, 1.54) is 0 Å². The number of fused-ring (bicyclic) bond motifs is 5. The molecular weight excluding hydrogens is 420 g/mol. The van der Waals surface area contributed by atoms with Gasteiger partial charge in [0.05, 0.1) is 12.5 Å². The molecule has 12 nitrogen and oxygen atoms in total. The van der Waals surface area contributed by atoms with Crippen LogP contribution in [0.5, 0.6) is 0 Å². The lowest BCUT2D eigenvalue weighted by molar-refractivity contribution is -0.354. The highest BCUT2D eigenvalue weighted by Crippen LogP contribution is 2.46. The number of carbonyl (C=O) groups is 5. The molecule has 3 rings (SSSR count). The highest BCUT2D eigenvalue weighted by atomic mass is 16.7. The molecule has 12 heteroatoms. The summed E-state index contributed by atoms with van der Waals surface area (Å²) in [6.45, 7) is 3.90. The molecule has 0 saturated carbocycles. The van der Waals surface area contributed by atoms with Gasteiger partial charge in [-0.15, -0.1) is 0 Å². The molecule has 3 aliphatic rings. The quantitative estimate of drug-likeness (QED) is 0.393. The van der Waals surface area contributed by atoms with Gasteiger partial charge >= 0.3 is 29.8 Å². The minimum absolute atomic E-state index is 0.0701. The largest absolute Gasteiger partial charge is 0.463 e. The second kappa shape index (κ2) is 8.79. The van der Waals surface area contributed by atoms with Crippen molar-refractivity contribution in [3.63, 3.8) is 0 Å². The molecule has 3 heterocycles. The summed E-state index contributed by atoms with van der Waals surface area (Å²) in [4.78, 5) is 59.9. The van der Waals surface area contributed by atoms with Crippen molar-refractivity contribution in [3.05, 3.63) is 0 Å². The van der Waals surface area contributed by atoms with Gasteiger partial charge in [-0.1, -0.05) is 0 Å². The molecule has 3 saturated heterocycles. The summed E-state index contributed by atoms with van der Waals surface area (Å²) < 4.78 is 38.4. The molecule has 0 aromatic carbocycles. The van der Waals surface area contributed by atoms with Crippen molar-refractivity contribution in [2.75, 3.05) is 13.2 Å². The van der Waals surface area contributed by atoms with Crippen molar-refractivity contribution in [1.29, 1.82) is 0 Å². The smallest absolute Gasteiger partial charge is 0.312 e. The van der Waals surface area contributed by atoms with Crippen molar-refractivity contribution >= 4 is 29.8 Å². The van der Waals surface area contributed by atoms with Gasteiger partial charge in [-0.2, -0.15) is 0 Å². The Bertz CT molecular complexity index is 778. The van der Waals surface area contributed by atoms with Crippen LogP contribution in [-0.2, 0) is 57.1 Å². The molecular formula is C19H24O12. The van der Waals surface area contributed by atoms with Crippen LogP contribution in [0.3, 0.4) is 0 Å². The SMILES string of the molecule is CC(=O)OC[C@]12OC(OC[C@@H]3C[C@H]1C(=O)O3)[C@H](OC(C)=O)[C@@H](OC(C)=O)[C@@H]2OC(C)=O. The maximum atomic E-state index is 12.7. The van der Waals surface area contributed by atoms with Gasteiger partial charge in [-0.05, 0) is 0 Å². The molecule has 0 aromatic rings. The molecule has 1 unspecified atom stereocenters. The lowest BCUT2D eigenvalue weighted by Gasteiger charge is -2.52. The third kappa shape index (κ3) is 4.64. The highest BCUT2D eigenvalue weighted by molar-refractivity contribution is 5.77. The molecule has 0 radical (unpaired) electrons. The van der Waals surface area contributed by atoms with Crippen molar-refractivity contribution in [3.8, 4) is 0 Å². The van der Waals surface area contributed by atoms with Crippen LogP contribution in [0.4, 0.5) is 0 Å². The maximum absolute atomic E-state index is 12.7. The van der Waals surface area contributed by atoms with E-state index in [0.29, 0.717) is 0 Å². The van der Waals surface area contributed by atoms with Crippen LogP contribution in [0.15, 0.2) is 0 Å². The summed E-state index contributed by atoms with van der Waals surface area (Å²) in [6, 6.07) is 0. The summed E-state index contributed by atoms with van der Waals surface area (Å²) >= 11 is 0. The maximum Gasteiger partial charge on any atom is 0.312 e. The Hall–Kier alpha value is -2.73. The Labute approximate surface area is 177 Å². The number of hydrogen-bond acceptors (Lipinski definition) is 12. The van der Waals surface area contributed by atoms with Crippen molar-refractivity contribution in [2.45, 2.75) is 70.4 Å². The predicted octanol–water partition coefficient (Wildman–Crippen LogP) is -0.598. The third-order valence-electron chi connectivity index (χ3n) is 5.21. The second-order valence-corrected chi connectivity index (χ2v) is 7.58. The molecule has 172 valence electrons. The lowest BCUT2D eigenvalue weighted by atomic mass is 9.75. The van der Waals surface area contributed by atoms with Crippen LogP contribution >= 0.6 is 0 Å². The third-order valence-corrected chi connectivity index (χ3v) is 5.21. The highest BCUT2D eigenvalue weighted by Gasteiger charge is 2.68. The van der Waals surface area contributed by atoms with Crippen molar-refractivity contribution in [2.24, 2.45) is 5.92 Å². The van der Waals surface area contributed by atoms with Gasteiger partial charge in [0.25, 0.3) is 0 Å². The number of rotatable bonds is 5. The normalized spacial score (nSPS) is 36.3. The van der Waals surface area contributed by atoms with Gasteiger partial charge < -0.3 is 33.2 Å². The fraction of sp³-hybridized carbons (Fsp3) is 0.737. The summed E-state index contributed by atoms with van der Waals surface area (Å²) in [7, 11) is 0. The number of hydrogen-bond donors (Lipinski definition) is 0. The van der Waals surface area contributed by atoms with Crippen LogP contribution < -0.4 is 0 Å². The predicted molar refractivity (Wildman–Crippen MR) is 94.8 cm³/mol. The zero-order chi connectivity index (χ0) is 22.9. The fourth-order valence-corrected chi connectivity index (χ4v) is 4.13. The minimum Gasteiger partial charge on any atom is -0.463 e. The lowest BCUT2D eigenvalue weighted by Crippen LogP contribution is -2.72. The molecule has 3 fully saturated rings. The first-order chi connectivity index (χ1) is 14.5. The zero-order valence-electron chi connectivity index (χ0n) is 17.5. The topological polar surface area (TPSA) is 150 Å². The Morgan fingerprint density at radius 3 is 2.13 bits per heavy atom. The summed E-state index contributed by atoms with van der Waals surface area (Å²) in [5.74, 6) is -4.70. The van der Waals surface area contributed by atoms with Crippen LogP contribution in [-0.4, -0.2) is 79.4 Å². The van der Waals surface area contributed by atoms with Crippen molar-refractivity contribution < 1.29 is 57.1 Å². The van der Waals surface area contributed by atoms with E-state index in [1.807, 2.05) is 0 Å². The molecule has 0 spiro atoms. The van der Waals surface area contributed by atoms with Gasteiger partial charge in [-0.25, -0.2) is 0 Å². The summed E-state index contributed by atoms with van der Waals surface area (Å²) in [5.41, 5.74) is -1.81. The molecule has 0 aromatic heterocycles. The summed E-state index contributed by atoms with van der Waals surface area (Å²) in [6.07, 6.45) is -6.06. The number of ether oxygens (including phenoxy) is 7. The molecule has 4 bridgehead atoms. The molecule has 0 aliphatic carbocycles. The van der Waals surface area contributed by atoms with Gasteiger partial charge in [0, 0.05) is 34.1 Å². The van der Waals surface area contributed by atoms with Gasteiger partial charge in [0.1, 0.15) is 12.7 Å². The van der Waals surface area contributed by atoms with Crippen LogP contribution in [0.1, 0.15) is 34.1 Å². The average Bonchev–Trinajstić information content (AvgIpc) is 3.03. The Morgan fingerprint density at radius 1 is 0.935 bits per heavy atom. The fourth-order valence-electron chi connectivity index (χ4n) is 4.13. The molecule has 3 aliphatic heterocycles. The van der Waals surface area contributed by atoms with Crippen LogP contribution in [0.2, 0.25) is 0 Å². The Morgan fingerprint density at radius 2 is 1.55 bits per heavy atom. The van der Waals surface area contributed by atoms with Gasteiger partial charge in [0.2, 0.25) is 0 Å². The zero-order valence-corrected chi connectivity index (χ0v) is 17.5. The average molecular weight is 444 g/mol. The molecule has 0 N–H and O–H groups in total. The van der Waals surface area contributed by atoms with Gasteiger partial charge in [0.15, 0.2) is 30.2 Å². The molecule has 7 atom stereocenters. The van der Waals surface area contributed by atoms with Gasteiger partial charge in [-0.3, -0.25) is 24.0 Å². The van der Waals surface area contributed by atoms with E-state index in [-0.39, 0.29) is 13.0 Å². The first kappa shape index (κ1) is 22.9. The Kier molecular flexibility index (Phi) is 6.51. The molecule has 31 heavy (non-hydrogen) atoms. The summed E-state index contributed by atoms with van der Waals surface area (Å²) in [5, 5.41) is 0. The first-order valence-corrected chi connectivity index (χ1v) is 9.68. The van der Waals surface area contributed by atoms with Crippen molar-refractivity contribution in [1.82, 2.24) is 0 Å². The monoisotopic (exact) mass is 444 g/mol. The first-order valence-electron chi connectivity index (χ1n) is 9.68. The molecule has 0 amide bonds. The standard InChI is InChI=1S/C19H24O12/c1-8(20)26-7-19-13-5-12(30-17(13)24)6-25-18(31-19)15(28-10(3)22)14(27-9(2)21)16(19)29-11(4)23/h12-16,18H,5-7H2,1-4H3/t12-,13-,14+,15+,16-,18?,19-/m0/s1. The van der Waals surface area contributed by atoms with E-state index in [1.54, 1.807) is 0 Å².